The number of hydrogen-bond acceptors (Lipinski definition) is 2. The number of ether oxygens (including phenoxy) is 1. The van der Waals surface area contributed by atoms with E-state index in [1.54, 1.807) is 0 Å². The minimum atomic E-state index is -0.173. The molecule has 86 valence electrons. The van der Waals surface area contributed by atoms with Crippen LogP contribution in [0.4, 0.5) is 0 Å². The number of carbonyl (C=O) groups is 1. The molecule has 0 spiro atoms. The Hall–Kier alpha value is -0.530. The molecule has 2 aliphatic rings. The number of carbonyl (C=O) groups excluding carboxylic acids is 1. The standard InChI is InChI=1S/C13H22O2/c1-9(2)11-7-10-5-6-13(11,15-8-14)12(10,3)4/h8-11H,5-7H2,1-4H3. The summed E-state index contributed by atoms with van der Waals surface area (Å²) in [6.45, 7) is 9.71. The normalized spacial score (nSPS) is 42.2. The van der Waals surface area contributed by atoms with E-state index in [-0.39, 0.29) is 11.0 Å². The third-order valence-corrected chi connectivity index (χ3v) is 5.18. The molecule has 0 radical (unpaired) electrons. The van der Waals surface area contributed by atoms with Gasteiger partial charge in [0.2, 0.25) is 0 Å². The highest BCUT2D eigenvalue weighted by molar-refractivity contribution is 5.40. The Bertz CT molecular complexity index is 270. The summed E-state index contributed by atoms with van der Waals surface area (Å²) in [7, 11) is 0. The van der Waals surface area contributed by atoms with E-state index < -0.39 is 0 Å². The van der Waals surface area contributed by atoms with Crippen molar-refractivity contribution >= 4 is 6.47 Å². The van der Waals surface area contributed by atoms with Crippen LogP contribution in [0.15, 0.2) is 0 Å². The first-order valence-electron chi connectivity index (χ1n) is 6.07. The van der Waals surface area contributed by atoms with Crippen LogP contribution in [0, 0.1) is 23.2 Å². The fourth-order valence-corrected chi connectivity index (χ4v) is 4.18. The van der Waals surface area contributed by atoms with Crippen molar-refractivity contribution in [1.29, 1.82) is 0 Å². The largest absolute Gasteiger partial charge is 0.460 e. The maximum Gasteiger partial charge on any atom is 0.293 e. The van der Waals surface area contributed by atoms with Gasteiger partial charge >= 0.3 is 0 Å². The van der Waals surface area contributed by atoms with Crippen LogP contribution in [0.3, 0.4) is 0 Å². The van der Waals surface area contributed by atoms with Crippen LogP contribution in [0.5, 0.6) is 0 Å². The molecule has 15 heavy (non-hydrogen) atoms. The number of fused-ring (bicyclic) bond motifs is 2. The molecular formula is C13H22O2. The summed E-state index contributed by atoms with van der Waals surface area (Å²) >= 11 is 0. The quantitative estimate of drug-likeness (QED) is 0.669. The SMILES string of the molecule is CC(C)C1CC2CCC1(OC=O)C2(C)C. The van der Waals surface area contributed by atoms with E-state index in [9.17, 15) is 4.79 Å². The lowest BCUT2D eigenvalue weighted by atomic mass is 9.72. The lowest BCUT2D eigenvalue weighted by molar-refractivity contribution is -0.162. The third-order valence-electron chi connectivity index (χ3n) is 5.18. The van der Waals surface area contributed by atoms with Crippen LogP contribution in [-0.4, -0.2) is 12.1 Å². The molecule has 2 rings (SSSR count). The third kappa shape index (κ3) is 1.20. The molecule has 3 unspecified atom stereocenters. The van der Waals surface area contributed by atoms with E-state index >= 15 is 0 Å². The number of rotatable bonds is 3. The summed E-state index contributed by atoms with van der Waals surface area (Å²) in [4.78, 5) is 10.8. The zero-order chi connectivity index (χ0) is 11.3. The van der Waals surface area contributed by atoms with Gasteiger partial charge in [0, 0.05) is 11.3 Å². The van der Waals surface area contributed by atoms with Crippen molar-refractivity contribution in [3.63, 3.8) is 0 Å². The summed E-state index contributed by atoms with van der Waals surface area (Å²) in [5.41, 5.74) is -0.00354. The maximum absolute atomic E-state index is 10.8. The van der Waals surface area contributed by atoms with Gasteiger partial charge in [-0.2, -0.15) is 0 Å². The van der Waals surface area contributed by atoms with Crippen LogP contribution in [-0.2, 0) is 9.53 Å². The van der Waals surface area contributed by atoms with Gasteiger partial charge in [0.15, 0.2) is 0 Å². The highest BCUT2D eigenvalue weighted by Gasteiger charge is 2.66. The van der Waals surface area contributed by atoms with E-state index in [0.717, 1.165) is 12.3 Å². The van der Waals surface area contributed by atoms with Crippen molar-refractivity contribution < 1.29 is 9.53 Å². The lowest BCUT2D eigenvalue weighted by Crippen LogP contribution is -2.47. The van der Waals surface area contributed by atoms with Crippen molar-refractivity contribution in [3.8, 4) is 0 Å². The Morgan fingerprint density at radius 2 is 2.07 bits per heavy atom. The molecule has 2 saturated carbocycles. The minimum Gasteiger partial charge on any atom is -0.460 e. The molecule has 2 nitrogen and oxygen atoms in total. The smallest absolute Gasteiger partial charge is 0.293 e. The van der Waals surface area contributed by atoms with Crippen LogP contribution in [0.25, 0.3) is 0 Å². The van der Waals surface area contributed by atoms with Gasteiger partial charge in [0.25, 0.3) is 6.47 Å². The van der Waals surface area contributed by atoms with E-state index in [0.29, 0.717) is 18.3 Å². The number of hydrogen-bond donors (Lipinski definition) is 0. The topological polar surface area (TPSA) is 26.3 Å². The van der Waals surface area contributed by atoms with Gasteiger partial charge in [0.1, 0.15) is 5.60 Å². The lowest BCUT2D eigenvalue weighted by Gasteiger charge is -2.42. The summed E-state index contributed by atoms with van der Waals surface area (Å²) in [6.07, 6.45) is 3.52. The molecule has 0 aromatic heterocycles. The molecule has 2 aliphatic carbocycles. The average Bonchev–Trinajstić information content (AvgIpc) is 2.51. The second kappa shape index (κ2) is 3.23. The predicted molar refractivity (Wildman–Crippen MR) is 59.3 cm³/mol. The molecule has 3 atom stereocenters. The van der Waals surface area contributed by atoms with E-state index in [1.165, 1.54) is 12.8 Å². The van der Waals surface area contributed by atoms with Gasteiger partial charge in [-0.1, -0.05) is 27.7 Å². The van der Waals surface area contributed by atoms with Gasteiger partial charge in [-0.15, -0.1) is 0 Å². The van der Waals surface area contributed by atoms with Crippen molar-refractivity contribution in [2.45, 2.75) is 52.6 Å². The molecule has 0 saturated heterocycles. The molecule has 0 aliphatic heterocycles. The van der Waals surface area contributed by atoms with E-state index in [4.69, 9.17) is 4.74 Å². The Morgan fingerprint density at radius 3 is 2.53 bits per heavy atom. The molecule has 2 bridgehead atoms. The monoisotopic (exact) mass is 210 g/mol. The van der Waals surface area contributed by atoms with Crippen LogP contribution < -0.4 is 0 Å². The van der Waals surface area contributed by atoms with E-state index in [1.807, 2.05) is 0 Å². The summed E-state index contributed by atoms with van der Waals surface area (Å²) in [5.74, 6) is 1.90. The molecule has 0 aromatic carbocycles. The fraction of sp³-hybridized carbons (Fsp3) is 0.923. The maximum atomic E-state index is 10.8. The summed E-state index contributed by atoms with van der Waals surface area (Å²) < 4.78 is 5.59. The van der Waals surface area contributed by atoms with Gasteiger partial charge in [-0.05, 0) is 31.1 Å². The first kappa shape index (κ1) is 11.0. The van der Waals surface area contributed by atoms with Crippen LogP contribution >= 0.6 is 0 Å². The van der Waals surface area contributed by atoms with Crippen molar-refractivity contribution in [2.24, 2.45) is 23.2 Å². The Labute approximate surface area is 92.4 Å². The van der Waals surface area contributed by atoms with Crippen molar-refractivity contribution in [1.82, 2.24) is 0 Å². The second-order valence-electron chi connectivity index (χ2n) is 6.15. The van der Waals surface area contributed by atoms with Crippen LogP contribution in [0.1, 0.15) is 47.0 Å². The molecule has 0 amide bonds. The van der Waals surface area contributed by atoms with Gasteiger partial charge in [-0.25, -0.2) is 0 Å². The fourth-order valence-electron chi connectivity index (χ4n) is 4.18. The summed E-state index contributed by atoms with van der Waals surface area (Å²) in [5, 5.41) is 0. The zero-order valence-electron chi connectivity index (χ0n) is 10.2. The zero-order valence-corrected chi connectivity index (χ0v) is 10.2. The van der Waals surface area contributed by atoms with Gasteiger partial charge in [-0.3, -0.25) is 4.79 Å². The summed E-state index contributed by atoms with van der Waals surface area (Å²) in [6, 6.07) is 0. The highest BCUT2D eigenvalue weighted by atomic mass is 16.5. The predicted octanol–water partition coefficient (Wildman–Crippen LogP) is 3.01. The van der Waals surface area contributed by atoms with Gasteiger partial charge < -0.3 is 4.74 Å². The molecule has 0 heterocycles. The van der Waals surface area contributed by atoms with Crippen molar-refractivity contribution in [3.05, 3.63) is 0 Å². The second-order valence-corrected chi connectivity index (χ2v) is 6.15. The molecule has 0 N–H and O–H groups in total. The average molecular weight is 210 g/mol. The molecule has 2 fully saturated rings. The molecule has 0 aromatic rings. The highest BCUT2D eigenvalue weighted by Crippen LogP contribution is 2.65. The molecule has 2 heteroatoms. The first-order valence-corrected chi connectivity index (χ1v) is 6.07. The Balaban J connectivity index is 2.37. The first-order chi connectivity index (χ1) is 6.95. The van der Waals surface area contributed by atoms with Crippen molar-refractivity contribution in [2.75, 3.05) is 0 Å². The van der Waals surface area contributed by atoms with Crippen LogP contribution in [0.2, 0.25) is 0 Å². The van der Waals surface area contributed by atoms with E-state index in [2.05, 4.69) is 27.7 Å². The minimum absolute atomic E-state index is 0.169. The molecular weight excluding hydrogens is 188 g/mol. The Morgan fingerprint density at radius 1 is 1.40 bits per heavy atom. The Kier molecular flexibility index (Phi) is 2.36. The van der Waals surface area contributed by atoms with Gasteiger partial charge in [0.05, 0.1) is 0 Å².